The van der Waals surface area contributed by atoms with Gasteiger partial charge in [-0.2, -0.15) is 5.10 Å². The van der Waals surface area contributed by atoms with Gasteiger partial charge in [0.15, 0.2) is 0 Å². The van der Waals surface area contributed by atoms with Crippen LogP contribution in [0.1, 0.15) is 18.3 Å². The highest BCUT2D eigenvalue weighted by atomic mass is 15.3. The summed E-state index contributed by atoms with van der Waals surface area (Å²) in [6.07, 6.45) is 4.94. The Morgan fingerprint density at radius 3 is 2.62 bits per heavy atom. The van der Waals surface area contributed by atoms with Gasteiger partial charge < -0.3 is 5.32 Å². The van der Waals surface area contributed by atoms with Crippen LogP contribution >= 0.6 is 0 Å². The van der Waals surface area contributed by atoms with Crippen LogP contribution in [0.4, 0.5) is 11.6 Å². The second-order valence-corrected chi connectivity index (χ2v) is 5.06. The van der Waals surface area contributed by atoms with Crippen LogP contribution in [0.5, 0.6) is 0 Å². The number of aromatic nitrogens is 4. The summed E-state index contributed by atoms with van der Waals surface area (Å²) in [6.45, 7) is 4.11. The number of aryl methyl sites for hydroxylation is 3. The van der Waals surface area contributed by atoms with Gasteiger partial charge in [-0.15, -0.1) is 0 Å². The largest absolute Gasteiger partial charge is 0.325 e. The zero-order valence-electron chi connectivity index (χ0n) is 12.5. The summed E-state index contributed by atoms with van der Waals surface area (Å²) in [5.41, 5.74) is 4.12. The minimum absolute atomic E-state index is 0.807. The quantitative estimate of drug-likeness (QED) is 0.798. The first-order valence-corrected chi connectivity index (χ1v) is 7.08. The van der Waals surface area contributed by atoms with Crippen LogP contribution in [0.3, 0.4) is 0 Å². The summed E-state index contributed by atoms with van der Waals surface area (Å²) in [7, 11) is 1.94. The van der Waals surface area contributed by atoms with Gasteiger partial charge in [-0.05, 0) is 25.5 Å². The molecule has 0 aliphatic heterocycles. The predicted molar refractivity (Wildman–Crippen MR) is 84.2 cm³/mol. The third kappa shape index (κ3) is 2.67. The zero-order chi connectivity index (χ0) is 14.8. The number of hydrogen-bond donors (Lipinski definition) is 1. The summed E-state index contributed by atoms with van der Waals surface area (Å²) in [4.78, 5) is 4.58. The van der Waals surface area contributed by atoms with Gasteiger partial charge in [-0.1, -0.05) is 25.1 Å². The van der Waals surface area contributed by atoms with E-state index in [2.05, 4.69) is 26.9 Å². The fraction of sp³-hybridized carbons (Fsp3) is 0.250. The molecule has 5 heteroatoms. The SMILES string of the molecule is CCc1nn(C)cc1-n1cc(C)nc1Nc1ccccc1. The molecule has 5 nitrogen and oxygen atoms in total. The lowest BCUT2D eigenvalue weighted by Gasteiger charge is -2.09. The second kappa shape index (κ2) is 5.44. The monoisotopic (exact) mass is 281 g/mol. The number of anilines is 2. The Bertz CT molecular complexity index is 739. The molecule has 0 bridgehead atoms. The zero-order valence-corrected chi connectivity index (χ0v) is 12.5. The maximum atomic E-state index is 4.58. The lowest BCUT2D eigenvalue weighted by molar-refractivity contribution is 0.746. The molecule has 0 aliphatic carbocycles. The van der Waals surface area contributed by atoms with Gasteiger partial charge in [-0.3, -0.25) is 9.25 Å². The molecule has 1 N–H and O–H groups in total. The highest BCUT2D eigenvalue weighted by Gasteiger charge is 2.13. The lowest BCUT2D eigenvalue weighted by Crippen LogP contribution is -2.02. The van der Waals surface area contributed by atoms with E-state index in [0.717, 1.165) is 35.1 Å². The van der Waals surface area contributed by atoms with Crippen LogP contribution in [0.15, 0.2) is 42.7 Å². The Balaban J connectivity index is 2.03. The first kappa shape index (κ1) is 13.4. The Morgan fingerprint density at radius 1 is 1.14 bits per heavy atom. The van der Waals surface area contributed by atoms with Gasteiger partial charge in [0.1, 0.15) is 0 Å². The summed E-state index contributed by atoms with van der Waals surface area (Å²) in [5.74, 6) is 0.807. The fourth-order valence-electron chi connectivity index (χ4n) is 2.40. The summed E-state index contributed by atoms with van der Waals surface area (Å²) >= 11 is 0. The lowest BCUT2D eigenvalue weighted by atomic mass is 10.3. The minimum Gasteiger partial charge on any atom is -0.325 e. The van der Waals surface area contributed by atoms with Crippen molar-refractivity contribution in [3.05, 3.63) is 54.1 Å². The van der Waals surface area contributed by atoms with Crippen molar-refractivity contribution >= 4 is 11.6 Å². The van der Waals surface area contributed by atoms with E-state index >= 15 is 0 Å². The molecule has 3 aromatic rings. The molecule has 0 spiro atoms. The van der Waals surface area contributed by atoms with E-state index < -0.39 is 0 Å². The molecule has 0 saturated carbocycles. The van der Waals surface area contributed by atoms with Crippen molar-refractivity contribution in [1.82, 2.24) is 19.3 Å². The molecule has 0 saturated heterocycles. The van der Waals surface area contributed by atoms with Gasteiger partial charge >= 0.3 is 0 Å². The van der Waals surface area contributed by atoms with Crippen molar-refractivity contribution in [1.29, 1.82) is 0 Å². The number of benzene rings is 1. The van der Waals surface area contributed by atoms with E-state index in [9.17, 15) is 0 Å². The van der Waals surface area contributed by atoms with Crippen LogP contribution in [0, 0.1) is 6.92 Å². The maximum absolute atomic E-state index is 4.58. The number of rotatable bonds is 4. The van der Waals surface area contributed by atoms with E-state index in [0.29, 0.717) is 0 Å². The number of hydrogen-bond acceptors (Lipinski definition) is 3. The summed E-state index contributed by atoms with van der Waals surface area (Å²) in [6, 6.07) is 10.1. The maximum Gasteiger partial charge on any atom is 0.212 e. The second-order valence-electron chi connectivity index (χ2n) is 5.06. The van der Waals surface area contributed by atoms with Crippen LogP contribution < -0.4 is 5.32 Å². The van der Waals surface area contributed by atoms with Crippen LogP contribution in [0.2, 0.25) is 0 Å². The van der Waals surface area contributed by atoms with Gasteiger partial charge in [0, 0.05) is 25.1 Å². The molecule has 21 heavy (non-hydrogen) atoms. The molecule has 0 amide bonds. The summed E-state index contributed by atoms with van der Waals surface area (Å²) < 4.78 is 3.91. The molecule has 2 heterocycles. The molecule has 1 aromatic carbocycles. The molecule has 2 aromatic heterocycles. The number of nitrogens with one attached hydrogen (secondary N) is 1. The molecular formula is C16H19N5. The minimum atomic E-state index is 0.807. The van der Waals surface area contributed by atoms with E-state index in [-0.39, 0.29) is 0 Å². The highest BCUT2D eigenvalue weighted by Crippen LogP contribution is 2.22. The molecular weight excluding hydrogens is 262 g/mol. The normalized spacial score (nSPS) is 10.8. The van der Waals surface area contributed by atoms with Crippen molar-refractivity contribution in [3.63, 3.8) is 0 Å². The van der Waals surface area contributed by atoms with Crippen molar-refractivity contribution in [3.8, 4) is 5.69 Å². The van der Waals surface area contributed by atoms with E-state index in [1.807, 2.05) is 61.4 Å². The number of para-hydroxylation sites is 1. The molecule has 0 aliphatic rings. The van der Waals surface area contributed by atoms with Crippen LogP contribution in [-0.2, 0) is 13.5 Å². The highest BCUT2D eigenvalue weighted by molar-refractivity contribution is 5.56. The van der Waals surface area contributed by atoms with Crippen LogP contribution in [0.25, 0.3) is 5.69 Å². The Hall–Kier alpha value is -2.56. The summed E-state index contributed by atoms with van der Waals surface area (Å²) in [5, 5.41) is 7.87. The average Bonchev–Trinajstić information content (AvgIpc) is 3.02. The molecule has 0 atom stereocenters. The van der Waals surface area contributed by atoms with Crippen molar-refractivity contribution in [2.24, 2.45) is 7.05 Å². The van der Waals surface area contributed by atoms with Gasteiger partial charge in [-0.25, -0.2) is 4.98 Å². The molecule has 108 valence electrons. The molecule has 3 rings (SSSR count). The third-order valence-electron chi connectivity index (χ3n) is 3.33. The van der Waals surface area contributed by atoms with Gasteiger partial charge in [0.2, 0.25) is 5.95 Å². The average molecular weight is 281 g/mol. The van der Waals surface area contributed by atoms with Gasteiger partial charge in [0.05, 0.1) is 17.1 Å². The van der Waals surface area contributed by atoms with E-state index in [4.69, 9.17) is 0 Å². The Labute approximate surface area is 124 Å². The first-order chi connectivity index (χ1) is 10.2. The van der Waals surface area contributed by atoms with Crippen molar-refractivity contribution < 1.29 is 0 Å². The Kier molecular flexibility index (Phi) is 3.48. The standard InChI is InChI=1S/C16H19N5/c1-4-14-15(11-20(3)19-14)21-10-12(2)17-16(21)18-13-8-6-5-7-9-13/h5-11H,4H2,1-3H3,(H,17,18). The van der Waals surface area contributed by atoms with Crippen molar-refractivity contribution in [2.45, 2.75) is 20.3 Å². The predicted octanol–water partition coefficient (Wildman–Crippen LogP) is 3.22. The topological polar surface area (TPSA) is 47.7 Å². The fourth-order valence-corrected chi connectivity index (χ4v) is 2.40. The van der Waals surface area contributed by atoms with E-state index in [1.54, 1.807) is 0 Å². The first-order valence-electron chi connectivity index (χ1n) is 7.08. The smallest absolute Gasteiger partial charge is 0.212 e. The van der Waals surface area contributed by atoms with E-state index in [1.165, 1.54) is 0 Å². The Morgan fingerprint density at radius 2 is 1.90 bits per heavy atom. The molecule has 0 radical (unpaired) electrons. The van der Waals surface area contributed by atoms with Gasteiger partial charge in [0.25, 0.3) is 0 Å². The number of nitrogens with zero attached hydrogens (tertiary/aromatic N) is 4. The molecule has 0 fully saturated rings. The number of imidazole rings is 1. The molecule has 0 unspecified atom stereocenters. The third-order valence-corrected chi connectivity index (χ3v) is 3.33. The van der Waals surface area contributed by atoms with Crippen LogP contribution in [-0.4, -0.2) is 19.3 Å². The van der Waals surface area contributed by atoms with Crippen molar-refractivity contribution in [2.75, 3.05) is 5.32 Å².